The number of hydrogen-bond donors (Lipinski definition) is 1. The number of carbonyl (C=O) groups excluding carboxylic acids is 1. The standard InChI is InChI=1S/C27H27BrN2O6/c1-34-24-15-18(14-22(28)25(24)35-2)17-30(26(31)19-6-4-3-5-7-19)20-8-9-23(21(16-20)27(32)33)29-10-12-36-13-11-29/h3-9,14-16H,10-13,17H2,1-2H3,(H,32,33). The van der Waals surface area contributed by atoms with Gasteiger partial charge in [-0.25, -0.2) is 4.79 Å². The van der Waals surface area contributed by atoms with Crippen LogP contribution >= 0.6 is 15.9 Å². The fourth-order valence-electron chi connectivity index (χ4n) is 4.21. The lowest BCUT2D eigenvalue weighted by molar-refractivity contribution is 0.0696. The lowest BCUT2D eigenvalue weighted by atomic mass is 10.1. The number of methoxy groups -OCH3 is 2. The SMILES string of the molecule is COc1cc(CN(C(=O)c2ccccc2)c2ccc(N3CCOCC3)c(C(=O)O)c2)cc(Br)c1OC. The molecular weight excluding hydrogens is 528 g/mol. The number of amides is 1. The van der Waals surface area contributed by atoms with Crippen LogP contribution in [0.15, 0.2) is 65.1 Å². The third-order valence-electron chi connectivity index (χ3n) is 5.97. The van der Waals surface area contributed by atoms with Gasteiger partial charge in [-0.15, -0.1) is 0 Å². The number of carboxylic acids is 1. The summed E-state index contributed by atoms with van der Waals surface area (Å²) in [5, 5.41) is 10.0. The molecule has 0 aliphatic carbocycles. The van der Waals surface area contributed by atoms with Crippen molar-refractivity contribution in [3.05, 3.63) is 81.8 Å². The van der Waals surface area contributed by atoms with Crippen molar-refractivity contribution < 1.29 is 28.9 Å². The first kappa shape index (κ1) is 25.5. The first-order valence-electron chi connectivity index (χ1n) is 11.4. The highest BCUT2D eigenvalue weighted by molar-refractivity contribution is 9.10. The van der Waals surface area contributed by atoms with Crippen molar-refractivity contribution in [1.82, 2.24) is 0 Å². The number of morpholine rings is 1. The molecule has 0 atom stereocenters. The van der Waals surface area contributed by atoms with Gasteiger partial charge in [0.05, 0.1) is 49.7 Å². The number of carboxylic acid groups (broad SMARTS) is 1. The van der Waals surface area contributed by atoms with E-state index in [9.17, 15) is 14.7 Å². The zero-order chi connectivity index (χ0) is 25.7. The van der Waals surface area contributed by atoms with E-state index in [0.29, 0.717) is 59.2 Å². The van der Waals surface area contributed by atoms with Crippen LogP contribution in [-0.2, 0) is 11.3 Å². The predicted molar refractivity (Wildman–Crippen MR) is 141 cm³/mol. The Bertz CT molecular complexity index is 1240. The fourth-order valence-corrected chi connectivity index (χ4v) is 4.86. The minimum atomic E-state index is -1.06. The van der Waals surface area contributed by atoms with E-state index in [1.165, 1.54) is 0 Å². The molecule has 1 N–H and O–H groups in total. The Balaban J connectivity index is 1.78. The van der Waals surface area contributed by atoms with Crippen LogP contribution in [0.5, 0.6) is 11.5 Å². The van der Waals surface area contributed by atoms with Gasteiger partial charge in [0.2, 0.25) is 0 Å². The van der Waals surface area contributed by atoms with E-state index < -0.39 is 5.97 Å². The monoisotopic (exact) mass is 554 g/mol. The van der Waals surface area contributed by atoms with Crippen LogP contribution in [0.25, 0.3) is 0 Å². The summed E-state index contributed by atoms with van der Waals surface area (Å²) in [5.41, 5.74) is 2.48. The lowest BCUT2D eigenvalue weighted by Crippen LogP contribution is -2.37. The Morgan fingerprint density at radius 1 is 1.03 bits per heavy atom. The number of carbonyl (C=O) groups is 2. The molecule has 1 amide bonds. The number of halogens is 1. The van der Waals surface area contributed by atoms with E-state index in [4.69, 9.17) is 14.2 Å². The number of aromatic carboxylic acids is 1. The number of benzene rings is 3. The molecule has 0 bridgehead atoms. The van der Waals surface area contributed by atoms with Crippen LogP contribution in [0, 0.1) is 0 Å². The molecular formula is C27H27BrN2O6. The van der Waals surface area contributed by atoms with Crippen molar-refractivity contribution in [2.24, 2.45) is 0 Å². The molecule has 0 unspecified atom stereocenters. The first-order valence-corrected chi connectivity index (χ1v) is 12.2. The molecule has 36 heavy (non-hydrogen) atoms. The molecule has 1 aliphatic rings. The Morgan fingerprint density at radius 3 is 2.39 bits per heavy atom. The molecule has 8 nitrogen and oxygen atoms in total. The minimum absolute atomic E-state index is 0.133. The van der Waals surface area contributed by atoms with E-state index in [-0.39, 0.29) is 18.0 Å². The molecule has 3 aromatic carbocycles. The first-order chi connectivity index (χ1) is 17.4. The van der Waals surface area contributed by atoms with Crippen molar-refractivity contribution in [3.63, 3.8) is 0 Å². The molecule has 1 fully saturated rings. The van der Waals surface area contributed by atoms with Crippen molar-refractivity contribution >= 4 is 39.2 Å². The molecule has 0 radical (unpaired) electrons. The number of anilines is 2. The van der Waals surface area contributed by atoms with Crippen LogP contribution in [0.4, 0.5) is 11.4 Å². The number of rotatable bonds is 8. The second-order valence-corrected chi connectivity index (χ2v) is 9.03. The average molecular weight is 555 g/mol. The van der Waals surface area contributed by atoms with E-state index in [0.717, 1.165) is 5.56 Å². The molecule has 0 spiro atoms. The lowest BCUT2D eigenvalue weighted by Gasteiger charge is -2.31. The summed E-state index contributed by atoms with van der Waals surface area (Å²) in [4.78, 5) is 29.5. The van der Waals surface area contributed by atoms with Gasteiger partial charge >= 0.3 is 5.97 Å². The van der Waals surface area contributed by atoms with E-state index in [1.54, 1.807) is 67.7 Å². The Hall–Kier alpha value is -3.56. The van der Waals surface area contributed by atoms with Gasteiger partial charge in [0.25, 0.3) is 5.91 Å². The van der Waals surface area contributed by atoms with Crippen molar-refractivity contribution in [3.8, 4) is 11.5 Å². The van der Waals surface area contributed by atoms with Gasteiger partial charge in [0.1, 0.15) is 0 Å². The highest BCUT2D eigenvalue weighted by atomic mass is 79.9. The van der Waals surface area contributed by atoms with Crippen molar-refractivity contribution in [1.29, 1.82) is 0 Å². The normalized spacial score (nSPS) is 13.2. The van der Waals surface area contributed by atoms with Gasteiger partial charge in [-0.3, -0.25) is 4.79 Å². The maximum Gasteiger partial charge on any atom is 0.337 e. The molecule has 188 valence electrons. The zero-order valence-electron chi connectivity index (χ0n) is 20.1. The smallest absolute Gasteiger partial charge is 0.337 e. The average Bonchev–Trinajstić information content (AvgIpc) is 2.91. The predicted octanol–water partition coefficient (Wildman–Crippen LogP) is 4.85. The molecule has 4 rings (SSSR count). The van der Waals surface area contributed by atoms with Gasteiger partial charge in [-0.05, 0) is 64.0 Å². The van der Waals surface area contributed by atoms with Crippen molar-refractivity contribution in [2.75, 3.05) is 50.3 Å². The quantitative estimate of drug-likeness (QED) is 0.425. The molecule has 0 aromatic heterocycles. The summed E-state index contributed by atoms with van der Waals surface area (Å²) in [6.07, 6.45) is 0. The summed E-state index contributed by atoms with van der Waals surface area (Å²) >= 11 is 3.51. The van der Waals surface area contributed by atoms with E-state index in [1.807, 2.05) is 17.0 Å². The van der Waals surface area contributed by atoms with Crippen LogP contribution in [0.1, 0.15) is 26.3 Å². The number of nitrogens with zero attached hydrogens (tertiary/aromatic N) is 2. The van der Waals surface area contributed by atoms with Crippen molar-refractivity contribution in [2.45, 2.75) is 6.54 Å². The molecule has 3 aromatic rings. The Morgan fingerprint density at radius 2 is 1.75 bits per heavy atom. The topological polar surface area (TPSA) is 88.5 Å². The Labute approximate surface area is 218 Å². The molecule has 1 heterocycles. The van der Waals surface area contributed by atoms with Gasteiger partial charge < -0.3 is 29.1 Å². The largest absolute Gasteiger partial charge is 0.493 e. The third-order valence-corrected chi connectivity index (χ3v) is 6.56. The third kappa shape index (κ3) is 5.47. The van der Waals surface area contributed by atoms with Crippen LogP contribution < -0.4 is 19.3 Å². The minimum Gasteiger partial charge on any atom is -0.493 e. The number of hydrogen-bond acceptors (Lipinski definition) is 6. The summed E-state index contributed by atoms with van der Waals surface area (Å²) in [6.45, 7) is 2.46. The van der Waals surface area contributed by atoms with E-state index in [2.05, 4.69) is 15.9 Å². The van der Waals surface area contributed by atoms with Gasteiger partial charge in [-0.1, -0.05) is 18.2 Å². The van der Waals surface area contributed by atoms with Crippen LogP contribution in [0.3, 0.4) is 0 Å². The fraction of sp³-hybridized carbons (Fsp3) is 0.259. The summed E-state index contributed by atoms with van der Waals surface area (Å²) in [5.74, 6) is -0.246. The van der Waals surface area contributed by atoms with Gasteiger partial charge in [-0.2, -0.15) is 0 Å². The molecule has 1 aliphatic heterocycles. The Kier molecular flexibility index (Phi) is 8.12. The molecule has 9 heteroatoms. The maximum absolute atomic E-state index is 13.7. The second kappa shape index (κ2) is 11.5. The highest BCUT2D eigenvalue weighted by Gasteiger charge is 2.24. The second-order valence-electron chi connectivity index (χ2n) is 8.18. The molecule has 0 saturated carbocycles. The van der Waals surface area contributed by atoms with Crippen LogP contribution in [-0.4, -0.2) is 57.5 Å². The van der Waals surface area contributed by atoms with Gasteiger partial charge in [0.15, 0.2) is 11.5 Å². The number of ether oxygens (including phenoxy) is 3. The summed E-state index contributed by atoms with van der Waals surface area (Å²) < 4.78 is 17.0. The van der Waals surface area contributed by atoms with Crippen LogP contribution in [0.2, 0.25) is 0 Å². The summed E-state index contributed by atoms with van der Waals surface area (Å²) in [7, 11) is 3.10. The highest BCUT2D eigenvalue weighted by Crippen LogP contribution is 2.37. The summed E-state index contributed by atoms with van der Waals surface area (Å²) in [6, 6.07) is 17.7. The molecule has 1 saturated heterocycles. The van der Waals surface area contributed by atoms with Gasteiger partial charge in [0, 0.05) is 24.3 Å². The zero-order valence-corrected chi connectivity index (χ0v) is 21.7. The maximum atomic E-state index is 13.7. The van der Waals surface area contributed by atoms with E-state index >= 15 is 0 Å².